The molecule has 0 aliphatic rings. The van der Waals surface area contributed by atoms with Gasteiger partial charge in [0.15, 0.2) is 0 Å². The van der Waals surface area contributed by atoms with E-state index in [9.17, 15) is 14.0 Å². The monoisotopic (exact) mass is 302 g/mol. The van der Waals surface area contributed by atoms with Crippen molar-refractivity contribution in [2.75, 3.05) is 10.6 Å². The molecule has 22 heavy (non-hydrogen) atoms. The molecule has 6 heteroatoms. The number of rotatable bonds is 4. The fraction of sp³-hybridized carbons (Fsp3) is 0.125. The Morgan fingerprint density at radius 3 is 2.55 bits per heavy atom. The van der Waals surface area contributed by atoms with Crippen molar-refractivity contribution in [2.45, 2.75) is 13.5 Å². The van der Waals surface area contributed by atoms with Gasteiger partial charge in [-0.3, -0.25) is 9.59 Å². The molecule has 0 fully saturated rings. The highest BCUT2D eigenvalue weighted by Gasteiger charge is 2.11. The van der Waals surface area contributed by atoms with E-state index < -0.39 is 17.6 Å². The molecule has 2 aromatic rings. The number of benzene rings is 2. The molecule has 0 atom stereocenters. The number of carbonyl (C=O) groups is 2. The average Bonchev–Trinajstić information content (AvgIpc) is 2.49. The molecular weight excluding hydrogens is 287 g/mol. The summed E-state index contributed by atoms with van der Waals surface area (Å²) in [5.74, 6) is -1.56. The van der Waals surface area contributed by atoms with Gasteiger partial charge < -0.3 is 15.7 Å². The van der Waals surface area contributed by atoms with Crippen LogP contribution in [0.25, 0.3) is 0 Å². The molecule has 2 rings (SSSR count). The summed E-state index contributed by atoms with van der Waals surface area (Å²) in [6, 6.07) is 10.5. The normalized spacial score (nSPS) is 10.1. The van der Waals surface area contributed by atoms with Gasteiger partial charge in [0.05, 0.1) is 12.3 Å². The van der Waals surface area contributed by atoms with Crippen molar-refractivity contribution < 1.29 is 19.1 Å². The Balaban J connectivity index is 2.15. The molecule has 5 nitrogen and oxygen atoms in total. The lowest BCUT2D eigenvalue weighted by Crippen LogP contribution is -2.13. The smallest absolute Gasteiger partial charge is 0.255 e. The van der Waals surface area contributed by atoms with Crippen LogP contribution in [0.2, 0.25) is 0 Å². The van der Waals surface area contributed by atoms with E-state index in [1.807, 2.05) is 0 Å². The first-order valence-electron chi connectivity index (χ1n) is 6.58. The minimum absolute atomic E-state index is 0.0197. The first-order valence-corrected chi connectivity index (χ1v) is 6.58. The van der Waals surface area contributed by atoms with Gasteiger partial charge >= 0.3 is 0 Å². The highest BCUT2D eigenvalue weighted by molar-refractivity contribution is 6.04. The van der Waals surface area contributed by atoms with Crippen molar-refractivity contribution in [3.63, 3.8) is 0 Å². The molecule has 0 heterocycles. The predicted octanol–water partition coefficient (Wildman–Crippen LogP) is 2.53. The number of amides is 2. The average molecular weight is 302 g/mol. The number of hydrogen-bond donors (Lipinski definition) is 3. The van der Waals surface area contributed by atoms with Crippen molar-refractivity contribution in [2.24, 2.45) is 0 Å². The number of halogens is 1. The second kappa shape index (κ2) is 6.82. The van der Waals surface area contributed by atoms with Gasteiger partial charge in [-0.1, -0.05) is 12.1 Å². The minimum atomic E-state index is -0.688. The molecule has 2 amide bonds. The number of hydrogen-bond acceptors (Lipinski definition) is 3. The molecule has 0 bridgehead atoms. The van der Waals surface area contributed by atoms with Gasteiger partial charge in [0.2, 0.25) is 5.91 Å². The molecule has 0 aliphatic carbocycles. The summed E-state index contributed by atoms with van der Waals surface area (Å²) in [6.07, 6.45) is 0. The van der Waals surface area contributed by atoms with Crippen molar-refractivity contribution in [1.29, 1.82) is 0 Å². The fourth-order valence-electron chi connectivity index (χ4n) is 1.90. The third kappa shape index (κ3) is 3.89. The zero-order valence-electron chi connectivity index (χ0n) is 11.9. The van der Waals surface area contributed by atoms with Crippen LogP contribution < -0.4 is 10.6 Å². The lowest BCUT2D eigenvalue weighted by atomic mass is 10.1. The molecule has 0 spiro atoms. The molecule has 0 aromatic heterocycles. The molecule has 0 unspecified atom stereocenters. The van der Waals surface area contributed by atoms with Gasteiger partial charge in [-0.2, -0.15) is 0 Å². The van der Waals surface area contributed by atoms with E-state index >= 15 is 0 Å². The number of carbonyl (C=O) groups excluding carboxylic acids is 2. The topological polar surface area (TPSA) is 78.4 Å². The standard InChI is InChI=1S/C16H15FN2O3/c1-10(21)18-15-6-5-12(8-14(15)17)16(22)19-13-4-2-3-11(7-13)9-20/h2-8,20H,9H2,1H3,(H,18,21)(H,19,22). The second-order valence-electron chi connectivity index (χ2n) is 4.69. The zero-order chi connectivity index (χ0) is 16.1. The van der Waals surface area contributed by atoms with Crippen LogP contribution in [0.4, 0.5) is 15.8 Å². The lowest BCUT2D eigenvalue weighted by Gasteiger charge is -2.08. The summed E-state index contributed by atoms with van der Waals surface area (Å²) in [4.78, 5) is 23.0. The Bertz CT molecular complexity index is 716. The number of anilines is 2. The largest absolute Gasteiger partial charge is 0.392 e. The highest BCUT2D eigenvalue weighted by atomic mass is 19.1. The van der Waals surface area contributed by atoms with E-state index in [-0.39, 0.29) is 17.9 Å². The third-order valence-electron chi connectivity index (χ3n) is 2.91. The van der Waals surface area contributed by atoms with Crippen LogP contribution in [-0.4, -0.2) is 16.9 Å². The molecular formula is C16H15FN2O3. The van der Waals surface area contributed by atoms with Crippen LogP contribution in [-0.2, 0) is 11.4 Å². The van der Waals surface area contributed by atoms with Crippen LogP contribution in [0.1, 0.15) is 22.8 Å². The molecule has 2 aromatic carbocycles. The maximum absolute atomic E-state index is 13.8. The summed E-state index contributed by atoms with van der Waals surface area (Å²) in [5.41, 5.74) is 1.31. The maximum atomic E-state index is 13.8. The van der Waals surface area contributed by atoms with E-state index in [4.69, 9.17) is 5.11 Å². The predicted molar refractivity (Wildman–Crippen MR) is 81.0 cm³/mol. The molecule has 0 aliphatic heterocycles. The fourth-order valence-corrected chi connectivity index (χ4v) is 1.90. The van der Waals surface area contributed by atoms with E-state index in [0.717, 1.165) is 6.07 Å². The number of aliphatic hydroxyl groups excluding tert-OH is 1. The molecule has 0 saturated carbocycles. The molecule has 114 valence electrons. The highest BCUT2D eigenvalue weighted by Crippen LogP contribution is 2.17. The Hall–Kier alpha value is -2.73. The second-order valence-corrected chi connectivity index (χ2v) is 4.69. The summed E-state index contributed by atoms with van der Waals surface area (Å²) >= 11 is 0. The van der Waals surface area contributed by atoms with Crippen molar-refractivity contribution in [3.05, 3.63) is 59.4 Å². The SMILES string of the molecule is CC(=O)Nc1ccc(C(=O)Nc2cccc(CO)c2)cc1F. The van der Waals surface area contributed by atoms with Crippen LogP contribution in [0.5, 0.6) is 0 Å². The first kappa shape index (κ1) is 15.7. The van der Waals surface area contributed by atoms with Gasteiger partial charge in [0.25, 0.3) is 5.91 Å². The van der Waals surface area contributed by atoms with E-state index in [1.165, 1.54) is 19.1 Å². The number of nitrogens with one attached hydrogen (secondary N) is 2. The van der Waals surface area contributed by atoms with Crippen LogP contribution >= 0.6 is 0 Å². The van der Waals surface area contributed by atoms with Crippen LogP contribution in [0, 0.1) is 5.82 Å². The Kier molecular flexibility index (Phi) is 4.85. The van der Waals surface area contributed by atoms with Crippen LogP contribution in [0.3, 0.4) is 0 Å². The van der Waals surface area contributed by atoms with Gasteiger partial charge in [0.1, 0.15) is 5.82 Å². The zero-order valence-corrected chi connectivity index (χ0v) is 11.9. The Labute approximate surface area is 126 Å². The summed E-state index contributed by atoms with van der Waals surface area (Å²) in [5, 5.41) is 14.0. The molecule has 0 saturated heterocycles. The summed E-state index contributed by atoms with van der Waals surface area (Å²) in [7, 11) is 0. The van der Waals surface area contributed by atoms with Gasteiger partial charge in [-0.25, -0.2) is 4.39 Å². The quantitative estimate of drug-likeness (QED) is 0.812. The molecule has 3 N–H and O–H groups in total. The summed E-state index contributed by atoms with van der Waals surface area (Å²) < 4.78 is 13.8. The van der Waals surface area contributed by atoms with Gasteiger partial charge in [0, 0.05) is 18.2 Å². The maximum Gasteiger partial charge on any atom is 0.255 e. The van der Waals surface area contributed by atoms with Crippen LogP contribution in [0.15, 0.2) is 42.5 Å². The molecule has 0 radical (unpaired) electrons. The van der Waals surface area contributed by atoms with E-state index in [0.29, 0.717) is 11.3 Å². The van der Waals surface area contributed by atoms with Crippen molar-refractivity contribution >= 4 is 23.2 Å². The third-order valence-corrected chi connectivity index (χ3v) is 2.91. The van der Waals surface area contributed by atoms with E-state index in [1.54, 1.807) is 24.3 Å². The lowest BCUT2D eigenvalue weighted by molar-refractivity contribution is -0.114. The Morgan fingerprint density at radius 1 is 1.14 bits per heavy atom. The Morgan fingerprint density at radius 2 is 1.91 bits per heavy atom. The van der Waals surface area contributed by atoms with Crippen molar-refractivity contribution in [3.8, 4) is 0 Å². The number of aliphatic hydroxyl groups is 1. The first-order chi connectivity index (χ1) is 10.5. The van der Waals surface area contributed by atoms with Gasteiger partial charge in [-0.15, -0.1) is 0 Å². The van der Waals surface area contributed by atoms with Crippen molar-refractivity contribution in [1.82, 2.24) is 0 Å². The van der Waals surface area contributed by atoms with Gasteiger partial charge in [-0.05, 0) is 35.9 Å². The minimum Gasteiger partial charge on any atom is -0.392 e. The van der Waals surface area contributed by atoms with E-state index in [2.05, 4.69) is 10.6 Å². The summed E-state index contributed by atoms with van der Waals surface area (Å²) in [6.45, 7) is 1.14.